The van der Waals surface area contributed by atoms with E-state index in [1.807, 2.05) is 17.8 Å². The topological polar surface area (TPSA) is 29.3 Å². The van der Waals surface area contributed by atoms with Crippen molar-refractivity contribution in [1.82, 2.24) is 4.90 Å². The first-order valence-electron chi connectivity index (χ1n) is 5.72. The third-order valence-corrected chi connectivity index (χ3v) is 3.05. The van der Waals surface area contributed by atoms with E-state index < -0.39 is 0 Å². The number of benzene rings is 1. The molecule has 0 atom stereocenters. The van der Waals surface area contributed by atoms with Crippen LogP contribution < -0.4 is 5.73 Å². The highest BCUT2D eigenvalue weighted by molar-refractivity contribution is 7.98. The SMILES string of the molecule is CSCCN(C)Cc1ccccc1C#CCN. The summed E-state index contributed by atoms with van der Waals surface area (Å²) in [5, 5.41) is 0. The average Bonchev–Trinajstić information content (AvgIpc) is 2.35. The quantitative estimate of drug-likeness (QED) is 0.806. The van der Waals surface area contributed by atoms with Crippen LogP contribution in [0.2, 0.25) is 0 Å². The Balaban J connectivity index is 2.69. The number of rotatable bonds is 5. The van der Waals surface area contributed by atoms with Crippen LogP contribution in [0.5, 0.6) is 0 Å². The standard InChI is InChI=1S/C14H20N2S/c1-16(10-11-17-2)12-14-7-4-3-6-13(14)8-5-9-15/h3-4,6-7H,9-12,15H2,1-2H3. The Bertz CT molecular complexity index is 393. The highest BCUT2D eigenvalue weighted by atomic mass is 32.2. The summed E-state index contributed by atoms with van der Waals surface area (Å²) in [6.45, 7) is 2.45. The Morgan fingerprint density at radius 3 is 2.82 bits per heavy atom. The van der Waals surface area contributed by atoms with Crippen molar-refractivity contribution in [3.8, 4) is 11.8 Å². The van der Waals surface area contributed by atoms with Crippen LogP contribution in [-0.2, 0) is 6.54 Å². The van der Waals surface area contributed by atoms with E-state index in [1.165, 1.54) is 5.56 Å². The molecule has 0 bridgehead atoms. The number of nitrogens with zero attached hydrogens (tertiary/aromatic N) is 1. The molecule has 17 heavy (non-hydrogen) atoms. The van der Waals surface area contributed by atoms with E-state index >= 15 is 0 Å². The number of hydrogen-bond acceptors (Lipinski definition) is 3. The van der Waals surface area contributed by atoms with Gasteiger partial charge in [0.15, 0.2) is 0 Å². The molecule has 2 nitrogen and oxygen atoms in total. The summed E-state index contributed by atoms with van der Waals surface area (Å²) in [6.07, 6.45) is 2.13. The van der Waals surface area contributed by atoms with E-state index in [-0.39, 0.29) is 0 Å². The van der Waals surface area contributed by atoms with Crippen LogP contribution >= 0.6 is 11.8 Å². The minimum absolute atomic E-state index is 0.413. The lowest BCUT2D eigenvalue weighted by molar-refractivity contribution is 0.348. The minimum atomic E-state index is 0.413. The van der Waals surface area contributed by atoms with Crippen LogP contribution in [0.3, 0.4) is 0 Å². The second-order valence-electron chi connectivity index (χ2n) is 3.89. The summed E-state index contributed by atoms with van der Waals surface area (Å²) in [4.78, 5) is 2.32. The fraction of sp³-hybridized carbons (Fsp3) is 0.429. The zero-order valence-corrected chi connectivity index (χ0v) is 11.4. The van der Waals surface area contributed by atoms with Crippen LogP contribution in [0.4, 0.5) is 0 Å². The van der Waals surface area contributed by atoms with Crippen molar-refractivity contribution in [2.45, 2.75) is 6.54 Å². The van der Waals surface area contributed by atoms with Gasteiger partial charge in [0.25, 0.3) is 0 Å². The average molecular weight is 248 g/mol. The molecule has 0 radical (unpaired) electrons. The van der Waals surface area contributed by atoms with Gasteiger partial charge in [-0.2, -0.15) is 11.8 Å². The summed E-state index contributed by atoms with van der Waals surface area (Å²) in [7, 11) is 2.14. The van der Waals surface area contributed by atoms with Crippen LogP contribution in [0, 0.1) is 11.8 Å². The molecule has 0 aliphatic carbocycles. The second kappa shape index (κ2) is 8.19. The molecule has 1 aromatic carbocycles. The Kier molecular flexibility index (Phi) is 6.80. The molecule has 3 heteroatoms. The van der Waals surface area contributed by atoms with E-state index in [2.05, 4.69) is 48.2 Å². The molecular weight excluding hydrogens is 228 g/mol. The molecule has 1 aromatic rings. The summed E-state index contributed by atoms with van der Waals surface area (Å²) >= 11 is 1.87. The highest BCUT2D eigenvalue weighted by Crippen LogP contribution is 2.10. The van der Waals surface area contributed by atoms with Gasteiger partial charge in [0.05, 0.1) is 6.54 Å². The Labute approximate surface area is 109 Å². The number of hydrogen-bond donors (Lipinski definition) is 1. The maximum atomic E-state index is 5.41. The van der Waals surface area contributed by atoms with Gasteiger partial charge in [0, 0.05) is 24.4 Å². The van der Waals surface area contributed by atoms with Gasteiger partial charge in [-0.3, -0.25) is 0 Å². The van der Waals surface area contributed by atoms with Crippen LogP contribution in [0.15, 0.2) is 24.3 Å². The summed E-state index contributed by atoms with van der Waals surface area (Å²) in [6, 6.07) is 8.27. The first-order valence-corrected chi connectivity index (χ1v) is 7.11. The zero-order valence-electron chi connectivity index (χ0n) is 10.6. The van der Waals surface area contributed by atoms with E-state index in [0.29, 0.717) is 6.54 Å². The molecule has 0 aliphatic heterocycles. The predicted molar refractivity (Wildman–Crippen MR) is 77.1 cm³/mol. The smallest absolute Gasteiger partial charge is 0.0555 e. The molecule has 0 aliphatic rings. The molecule has 0 aromatic heterocycles. The Hall–Kier alpha value is -0.950. The van der Waals surface area contributed by atoms with Crippen molar-refractivity contribution in [3.63, 3.8) is 0 Å². The lowest BCUT2D eigenvalue weighted by atomic mass is 10.1. The van der Waals surface area contributed by atoms with Crippen molar-refractivity contribution in [1.29, 1.82) is 0 Å². The molecule has 2 N–H and O–H groups in total. The van der Waals surface area contributed by atoms with E-state index in [4.69, 9.17) is 5.73 Å². The van der Waals surface area contributed by atoms with E-state index in [9.17, 15) is 0 Å². The molecule has 0 saturated carbocycles. The molecule has 0 heterocycles. The van der Waals surface area contributed by atoms with Gasteiger partial charge in [-0.25, -0.2) is 0 Å². The largest absolute Gasteiger partial charge is 0.320 e. The first-order chi connectivity index (χ1) is 8.27. The maximum absolute atomic E-state index is 5.41. The third-order valence-electron chi connectivity index (χ3n) is 2.46. The van der Waals surface area contributed by atoms with Crippen molar-refractivity contribution in [2.24, 2.45) is 5.73 Å². The number of nitrogens with two attached hydrogens (primary N) is 1. The minimum Gasteiger partial charge on any atom is -0.320 e. The lowest BCUT2D eigenvalue weighted by Crippen LogP contribution is -2.21. The van der Waals surface area contributed by atoms with Crippen LogP contribution in [0.25, 0.3) is 0 Å². The van der Waals surface area contributed by atoms with Gasteiger partial charge < -0.3 is 10.6 Å². The summed E-state index contributed by atoms with van der Waals surface area (Å²) in [5.41, 5.74) is 7.77. The zero-order chi connectivity index (χ0) is 12.5. The molecule has 0 saturated heterocycles. The molecule has 0 fully saturated rings. The predicted octanol–water partition coefficient (Wildman–Crippen LogP) is 1.79. The summed E-state index contributed by atoms with van der Waals surface area (Å²) in [5.74, 6) is 7.20. The van der Waals surface area contributed by atoms with Crippen LogP contribution in [-0.4, -0.2) is 37.0 Å². The lowest BCUT2D eigenvalue weighted by Gasteiger charge is -2.16. The molecule has 92 valence electrons. The van der Waals surface area contributed by atoms with Gasteiger partial charge in [-0.05, 0) is 24.9 Å². The van der Waals surface area contributed by atoms with Gasteiger partial charge in [-0.1, -0.05) is 30.0 Å². The molecular formula is C14H20N2S. The first kappa shape index (κ1) is 14.1. The second-order valence-corrected chi connectivity index (χ2v) is 4.88. The van der Waals surface area contributed by atoms with Crippen molar-refractivity contribution >= 4 is 11.8 Å². The van der Waals surface area contributed by atoms with Gasteiger partial charge >= 0.3 is 0 Å². The third kappa shape index (κ3) is 5.27. The van der Waals surface area contributed by atoms with Gasteiger partial charge in [0.2, 0.25) is 0 Å². The normalized spacial score (nSPS) is 10.1. The fourth-order valence-electron chi connectivity index (χ4n) is 1.54. The summed E-state index contributed by atoms with van der Waals surface area (Å²) < 4.78 is 0. The van der Waals surface area contributed by atoms with Crippen molar-refractivity contribution < 1.29 is 0 Å². The monoisotopic (exact) mass is 248 g/mol. The van der Waals surface area contributed by atoms with Gasteiger partial charge in [-0.15, -0.1) is 0 Å². The van der Waals surface area contributed by atoms with Crippen LogP contribution in [0.1, 0.15) is 11.1 Å². The molecule has 0 spiro atoms. The van der Waals surface area contributed by atoms with Gasteiger partial charge in [0.1, 0.15) is 0 Å². The van der Waals surface area contributed by atoms with Crippen molar-refractivity contribution in [2.75, 3.05) is 32.1 Å². The van der Waals surface area contributed by atoms with E-state index in [1.54, 1.807) is 0 Å². The Morgan fingerprint density at radius 1 is 1.35 bits per heavy atom. The van der Waals surface area contributed by atoms with E-state index in [0.717, 1.165) is 24.4 Å². The molecule has 0 amide bonds. The van der Waals surface area contributed by atoms with Crippen molar-refractivity contribution in [3.05, 3.63) is 35.4 Å². The Morgan fingerprint density at radius 2 is 2.12 bits per heavy atom. The molecule has 0 unspecified atom stereocenters. The number of thioether (sulfide) groups is 1. The maximum Gasteiger partial charge on any atom is 0.0555 e. The molecule has 1 rings (SSSR count). The fourth-order valence-corrected chi connectivity index (χ4v) is 2.04. The highest BCUT2D eigenvalue weighted by Gasteiger charge is 2.03.